The average Bonchev–Trinajstić information content (AvgIpc) is 3.04. The van der Waals surface area contributed by atoms with Crippen LogP contribution in [-0.4, -0.2) is 34.8 Å². The van der Waals surface area contributed by atoms with Crippen molar-refractivity contribution in [2.24, 2.45) is 0 Å². The number of rotatable bonds is 3. The zero-order valence-electron chi connectivity index (χ0n) is 12.9. The second-order valence-electron chi connectivity index (χ2n) is 5.15. The van der Waals surface area contributed by atoms with E-state index in [0.717, 1.165) is 5.69 Å². The Hall–Kier alpha value is -2.84. The number of halogens is 2. The normalized spacial score (nSPS) is 11.0. The lowest BCUT2D eigenvalue weighted by Crippen LogP contribution is -2.05. The van der Waals surface area contributed by atoms with Crippen LogP contribution in [0.4, 0.5) is 11.6 Å². The molecule has 1 N–H and O–H groups in total. The minimum Gasteiger partial charge on any atom is -0.324 e. The molecule has 0 aliphatic heterocycles. The third kappa shape index (κ3) is 3.09. The number of aromatic nitrogens is 7. The van der Waals surface area contributed by atoms with Gasteiger partial charge < -0.3 is 5.32 Å². The van der Waals surface area contributed by atoms with Gasteiger partial charge in [0.1, 0.15) is 12.0 Å². The minimum absolute atomic E-state index is 0.385. The van der Waals surface area contributed by atoms with Crippen LogP contribution in [0.3, 0.4) is 0 Å². The van der Waals surface area contributed by atoms with E-state index >= 15 is 0 Å². The van der Waals surface area contributed by atoms with Crippen LogP contribution in [0.15, 0.2) is 36.8 Å². The van der Waals surface area contributed by atoms with Gasteiger partial charge in [0.25, 0.3) is 5.78 Å². The Labute approximate surface area is 151 Å². The predicted molar refractivity (Wildman–Crippen MR) is 94.1 cm³/mol. The molecular formula is C15H10Cl2N8. The number of aryl methyl sites for hydroxylation is 1. The van der Waals surface area contributed by atoms with Gasteiger partial charge in [-0.15, -0.1) is 10.2 Å². The molecule has 0 saturated heterocycles. The van der Waals surface area contributed by atoms with E-state index in [1.807, 2.05) is 6.92 Å². The molecule has 8 nitrogen and oxygen atoms in total. The van der Waals surface area contributed by atoms with E-state index in [0.29, 0.717) is 38.8 Å². The zero-order valence-corrected chi connectivity index (χ0v) is 14.4. The van der Waals surface area contributed by atoms with Gasteiger partial charge in [0.15, 0.2) is 0 Å². The molecule has 0 spiro atoms. The van der Waals surface area contributed by atoms with Gasteiger partial charge in [0.05, 0.1) is 11.4 Å². The van der Waals surface area contributed by atoms with E-state index in [9.17, 15) is 0 Å². The lowest BCUT2D eigenvalue weighted by atomic mass is 10.2. The van der Waals surface area contributed by atoms with Crippen molar-refractivity contribution in [2.75, 3.05) is 5.32 Å². The van der Waals surface area contributed by atoms with E-state index in [-0.39, 0.29) is 0 Å². The Kier molecular flexibility index (Phi) is 3.90. The largest absolute Gasteiger partial charge is 0.324 e. The molecule has 0 aliphatic carbocycles. The first kappa shape index (κ1) is 15.7. The maximum absolute atomic E-state index is 6.01. The molecule has 0 amide bonds. The van der Waals surface area contributed by atoms with E-state index in [4.69, 9.17) is 23.2 Å². The van der Waals surface area contributed by atoms with Gasteiger partial charge in [-0.2, -0.15) is 14.6 Å². The summed E-state index contributed by atoms with van der Waals surface area (Å²) in [6.45, 7) is 1.87. The van der Waals surface area contributed by atoms with Gasteiger partial charge >= 0.3 is 0 Å². The quantitative estimate of drug-likeness (QED) is 0.589. The summed E-state index contributed by atoms with van der Waals surface area (Å²) in [5, 5.41) is 16.5. The Morgan fingerprint density at radius 2 is 1.84 bits per heavy atom. The Balaban J connectivity index is 1.72. The molecule has 0 radical (unpaired) electrons. The summed E-state index contributed by atoms with van der Waals surface area (Å²) in [4.78, 5) is 12.7. The van der Waals surface area contributed by atoms with Gasteiger partial charge in [-0.25, -0.2) is 9.97 Å². The summed E-state index contributed by atoms with van der Waals surface area (Å²) in [5.41, 5.74) is 2.66. The van der Waals surface area contributed by atoms with Gasteiger partial charge in [0.2, 0.25) is 5.95 Å². The number of nitrogens with one attached hydrogen (secondary N) is 1. The van der Waals surface area contributed by atoms with Crippen LogP contribution in [0.2, 0.25) is 10.0 Å². The van der Waals surface area contributed by atoms with Crippen LogP contribution in [0.5, 0.6) is 0 Å². The van der Waals surface area contributed by atoms with E-state index in [2.05, 4.69) is 35.6 Å². The van der Waals surface area contributed by atoms with Crippen LogP contribution >= 0.6 is 23.2 Å². The number of fused-ring (bicyclic) bond motifs is 1. The molecule has 3 heterocycles. The molecule has 25 heavy (non-hydrogen) atoms. The highest BCUT2D eigenvalue weighted by atomic mass is 35.5. The van der Waals surface area contributed by atoms with Crippen molar-refractivity contribution in [2.45, 2.75) is 6.92 Å². The van der Waals surface area contributed by atoms with Crippen molar-refractivity contribution < 1.29 is 0 Å². The smallest absolute Gasteiger partial charge is 0.271 e. The highest BCUT2D eigenvalue weighted by Gasteiger charge is 2.12. The third-order valence-electron chi connectivity index (χ3n) is 3.45. The number of nitrogens with zero attached hydrogens (tertiary/aromatic N) is 7. The first-order chi connectivity index (χ1) is 12.1. The summed E-state index contributed by atoms with van der Waals surface area (Å²) >= 11 is 12.0. The summed E-state index contributed by atoms with van der Waals surface area (Å²) < 4.78 is 1.61. The molecule has 4 rings (SSSR count). The van der Waals surface area contributed by atoms with Crippen LogP contribution in [0.25, 0.3) is 17.2 Å². The highest BCUT2D eigenvalue weighted by molar-refractivity contribution is 6.35. The summed E-state index contributed by atoms with van der Waals surface area (Å²) in [7, 11) is 0. The number of benzene rings is 1. The maximum Gasteiger partial charge on any atom is 0.271 e. The SMILES string of the molecule is Cc1c(-c2ccnc(Nc3cc(Cl)cc(Cl)c3)n2)nnc2ncnn12. The zero-order chi connectivity index (χ0) is 17.4. The van der Waals surface area contributed by atoms with Gasteiger partial charge in [-0.1, -0.05) is 23.2 Å². The fourth-order valence-electron chi connectivity index (χ4n) is 2.35. The number of hydrogen-bond donors (Lipinski definition) is 1. The second kappa shape index (κ2) is 6.23. The molecule has 0 saturated carbocycles. The van der Waals surface area contributed by atoms with Crippen molar-refractivity contribution in [1.82, 2.24) is 34.8 Å². The molecule has 10 heteroatoms. The summed E-state index contributed by atoms with van der Waals surface area (Å²) in [5.74, 6) is 0.818. The van der Waals surface area contributed by atoms with Crippen molar-refractivity contribution in [3.63, 3.8) is 0 Å². The van der Waals surface area contributed by atoms with E-state index in [1.165, 1.54) is 6.33 Å². The second-order valence-corrected chi connectivity index (χ2v) is 6.03. The molecule has 0 atom stereocenters. The predicted octanol–water partition coefficient (Wildman–Crippen LogP) is 3.34. The van der Waals surface area contributed by atoms with Crippen molar-refractivity contribution in [3.05, 3.63) is 52.5 Å². The molecular weight excluding hydrogens is 363 g/mol. The van der Waals surface area contributed by atoms with Crippen molar-refractivity contribution in [3.8, 4) is 11.4 Å². The highest BCUT2D eigenvalue weighted by Crippen LogP contribution is 2.25. The molecule has 124 valence electrons. The molecule has 0 fully saturated rings. The van der Waals surface area contributed by atoms with Gasteiger partial charge in [0, 0.05) is 21.9 Å². The standard InChI is InChI=1S/C15H10Cl2N8/c1-8-13(23-24-15-19-7-20-25(8)15)12-2-3-18-14(22-12)21-11-5-9(16)4-10(17)6-11/h2-7H,1H3,(H,18,21,22). The van der Waals surface area contributed by atoms with Crippen LogP contribution in [0, 0.1) is 6.92 Å². The molecule has 1 aromatic carbocycles. The number of hydrogen-bond acceptors (Lipinski definition) is 7. The average molecular weight is 373 g/mol. The Morgan fingerprint density at radius 1 is 1.04 bits per heavy atom. The van der Waals surface area contributed by atoms with Gasteiger partial charge in [-0.3, -0.25) is 0 Å². The van der Waals surface area contributed by atoms with E-state index in [1.54, 1.807) is 35.0 Å². The maximum atomic E-state index is 6.01. The minimum atomic E-state index is 0.385. The molecule has 4 aromatic rings. The Morgan fingerprint density at radius 3 is 2.64 bits per heavy atom. The molecule has 0 bridgehead atoms. The van der Waals surface area contributed by atoms with Gasteiger partial charge in [-0.05, 0) is 31.2 Å². The van der Waals surface area contributed by atoms with E-state index < -0.39 is 0 Å². The first-order valence-corrected chi connectivity index (χ1v) is 7.95. The van der Waals surface area contributed by atoms with Crippen LogP contribution in [-0.2, 0) is 0 Å². The Bertz CT molecular complexity index is 1060. The van der Waals surface area contributed by atoms with Crippen LogP contribution < -0.4 is 5.32 Å². The van der Waals surface area contributed by atoms with Crippen molar-refractivity contribution >= 4 is 40.6 Å². The molecule has 3 aromatic heterocycles. The monoisotopic (exact) mass is 372 g/mol. The lowest BCUT2D eigenvalue weighted by Gasteiger charge is -2.08. The molecule has 0 aliphatic rings. The fraction of sp³-hybridized carbons (Fsp3) is 0.0667. The number of anilines is 2. The lowest BCUT2D eigenvalue weighted by molar-refractivity contribution is 0.850. The van der Waals surface area contributed by atoms with Crippen LogP contribution in [0.1, 0.15) is 5.69 Å². The van der Waals surface area contributed by atoms with Crippen molar-refractivity contribution in [1.29, 1.82) is 0 Å². The topological polar surface area (TPSA) is 93.8 Å². The summed E-state index contributed by atoms with van der Waals surface area (Å²) in [6.07, 6.45) is 3.06. The first-order valence-electron chi connectivity index (χ1n) is 7.20. The fourth-order valence-corrected chi connectivity index (χ4v) is 2.88. The summed E-state index contributed by atoms with van der Waals surface area (Å²) in [6, 6.07) is 6.86. The third-order valence-corrected chi connectivity index (χ3v) is 3.88. The molecule has 0 unspecified atom stereocenters.